The molecule has 1 aromatic carbocycles. The van der Waals surface area contributed by atoms with Crippen LogP contribution in [0.2, 0.25) is 0 Å². The van der Waals surface area contributed by atoms with Crippen molar-refractivity contribution < 1.29 is 19.3 Å². The Morgan fingerprint density at radius 3 is 2.87 bits per heavy atom. The molecular formula is C22H28N4O4. The van der Waals surface area contributed by atoms with Crippen LogP contribution in [-0.2, 0) is 11.2 Å². The van der Waals surface area contributed by atoms with Gasteiger partial charge in [0.25, 0.3) is 0 Å². The lowest BCUT2D eigenvalue weighted by molar-refractivity contribution is -0.134. The number of benzene rings is 1. The highest BCUT2D eigenvalue weighted by Gasteiger charge is 2.42. The van der Waals surface area contributed by atoms with E-state index in [1.165, 1.54) is 0 Å². The predicted octanol–water partition coefficient (Wildman–Crippen LogP) is 2.22. The number of rotatable bonds is 4. The van der Waals surface area contributed by atoms with Crippen molar-refractivity contribution in [2.24, 2.45) is 11.1 Å². The van der Waals surface area contributed by atoms with Crippen molar-refractivity contribution in [3.05, 3.63) is 47.3 Å². The number of β-amino-alcohol motifs (C(OH)–C–C–N with tert-alkyl or cyclic N) is 1. The summed E-state index contributed by atoms with van der Waals surface area (Å²) in [5.41, 5.74) is 1.81. The van der Waals surface area contributed by atoms with Crippen molar-refractivity contribution in [1.82, 2.24) is 15.4 Å². The molecule has 4 rings (SSSR count). The number of para-hydroxylation sites is 1. The number of likely N-dealkylation sites (tertiary alicyclic amines) is 1. The van der Waals surface area contributed by atoms with E-state index >= 15 is 0 Å². The summed E-state index contributed by atoms with van der Waals surface area (Å²) in [7, 11) is 0. The lowest BCUT2D eigenvalue weighted by Crippen LogP contribution is -2.49. The minimum absolute atomic E-state index is 0.0126. The highest BCUT2D eigenvalue weighted by molar-refractivity contribution is 5.94. The van der Waals surface area contributed by atoms with Gasteiger partial charge in [0.15, 0.2) is 11.6 Å². The Labute approximate surface area is 175 Å². The summed E-state index contributed by atoms with van der Waals surface area (Å²) in [4.78, 5) is 20.9. The zero-order valence-electron chi connectivity index (χ0n) is 17.5. The molecule has 3 heterocycles. The van der Waals surface area contributed by atoms with Gasteiger partial charge in [-0.1, -0.05) is 42.4 Å². The summed E-state index contributed by atoms with van der Waals surface area (Å²) in [6.45, 7) is 6.71. The zero-order valence-corrected chi connectivity index (χ0v) is 17.5. The van der Waals surface area contributed by atoms with Crippen LogP contribution in [0.25, 0.3) is 0 Å². The summed E-state index contributed by atoms with van der Waals surface area (Å²) >= 11 is 0. The summed E-state index contributed by atoms with van der Waals surface area (Å²) in [5.74, 6) is 1.25. The average molecular weight is 412 g/mol. The first-order chi connectivity index (χ1) is 14.4. The third kappa shape index (κ3) is 4.05. The number of aliphatic hydroxyl groups is 1. The second kappa shape index (κ2) is 8.47. The number of oxime groups is 1. The Kier molecular flexibility index (Phi) is 5.76. The van der Waals surface area contributed by atoms with Gasteiger partial charge in [0, 0.05) is 25.6 Å². The highest BCUT2D eigenvalue weighted by atomic mass is 16.6. The quantitative estimate of drug-likeness (QED) is 0.799. The fourth-order valence-corrected chi connectivity index (χ4v) is 4.19. The van der Waals surface area contributed by atoms with Crippen molar-refractivity contribution in [1.29, 1.82) is 0 Å². The van der Waals surface area contributed by atoms with Gasteiger partial charge in [0.05, 0.1) is 17.8 Å². The van der Waals surface area contributed by atoms with Crippen LogP contribution in [0.15, 0.2) is 40.0 Å². The molecule has 0 spiro atoms. The van der Waals surface area contributed by atoms with Crippen LogP contribution in [0, 0.1) is 12.8 Å². The maximum absolute atomic E-state index is 13.6. The van der Waals surface area contributed by atoms with Gasteiger partial charge >= 0.3 is 0 Å². The Hall–Kier alpha value is -2.87. The fourth-order valence-electron chi connectivity index (χ4n) is 4.19. The van der Waals surface area contributed by atoms with Gasteiger partial charge in [-0.05, 0) is 30.9 Å². The monoisotopic (exact) mass is 412 g/mol. The minimum atomic E-state index is -0.620. The van der Waals surface area contributed by atoms with Crippen LogP contribution in [0.5, 0.6) is 5.75 Å². The molecule has 2 N–H and O–H groups in total. The number of fused-ring (bicyclic) bond motifs is 1. The molecule has 8 heteroatoms. The van der Waals surface area contributed by atoms with E-state index in [0.717, 1.165) is 17.7 Å². The van der Waals surface area contributed by atoms with E-state index in [1.807, 2.05) is 45.0 Å². The number of hydrogen-bond donors (Lipinski definition) is 2. The first-order valence-corrected chi connectivity index (χ1v) is 10.4. The molecular weight excluding hydrogens is 384 g/mol. The maximum Gasteiger partial charge on any atom is 0.234 e. The second-order valence-corrected chi connectivity index (χ2v) is 8.34. The number of aromatic nitrogens is 1. The standard InChI is InChI=1S/C22H28N4O4/c1-13(2)20(19-10-14(3)24-30-19)22(28)26-12-16(27)11-17(26)21-23-9-8-15-6-4-5-7-18(15)29-25-21/h4-7,10,13,16-17,20,27H,8-9,11-12H2,1-3H3,(H,23,25)/t16-,17+,20?/m1/s1. The molecule has 8 nitrogen and oxygen atoms in total. The minimum Gasteiger partial charge on any atom is -0.391 e. The summed E-state index contributed by atoms with van der Waals surface area (Å²) in [6, 6.07) is 9.19. The van der Waals surface area contributed by atoms with Gasteiger partial charge in [-0.15, -0.1) is 0 Å². The van der Waals surface area contributed by atoms with E-state index in [-0.39, 0.29) is 24.4 Å². The van der Waals surface area contributed by atoms with Crippen LogP contribution in [0.4, 0.5) is 0 Å². The molecule has 0 bridgehead atoms. The zero-order chi connectivity index (χ0) is 21.3. The molecule has 1 amide bonds. The number of carbonyl (C=O) groups excluding carboxylic acids is 1. The lowest BCUT2D eigenvalue weighted by Gasteiger charge is -2.30. The molecule has 1 aromatic heterocycles. The van der Waals surface area contributed by atoms with Gasteiger partial charge in [-0.25, -0.2) is 0 Å². The normalized spacial score (nSPS) is 24.2. The smallest absolute Gasteiger partial charge is 0.234 e. The van der Waals surface area contributed by atoms with Gasteiger partial charge in [-0.2, -0.15) is 0 Å². The topological polar surface area (TPSA) is 100 Å². The summed E-state index contributed by atoms with van der Waals surface area (Å²) < 4.78 is 5.42. The van der Waals surface area contributed by atoms with Crippen LogP contribution in [0.3, 0.4) is 0 Å². The molecule has 1 unspecified atom stereocenters. The molecule has 2 aromatic rings. The Morgan fingerprint density at radius 2 is 2.13 bits per heavy atom. The molecule has 3 atom stereocenters. The van der Waals surface area contributed by atoms with Crippen LogP contribution < -0.4 is 10.2 Å². The maximum atomic E-state index is 13.6. The van der Waals surface area contributed by atoms with Crippen molar-refractivity contribution in [2.45, 2.75) is 51.7 Å². The highest BCUT2D eigenvalue weighted by Crippen LogP contribution is 2.31. The van der Waals surface area contributed by atoms with Crippen molar-refractivity contribution >= 4 is 11.7 Å². The number of hydrogen-bond acceptors (Lipinski definition) is 7. The Bertz CT molecular complexity index is 939. The van der Waals surface area contributed by atoms with E-state index in [1.54, 1.807) is 11.0 Å². The van der Waals surface area contributed by atoms with Crippen LogP contribution in [-0.4, -0.2) is 52.1 Å². The van der Waals surface area contributed by atoms with Gasteiger partial charge < -0.3 is 24.7 Å². The Morgan fingerprint density at radius 1 is 1.33 bits per heavy atom. The van der Waals surface area contributed by atoms with Gasteiger partial charge in [0.1, 0.15) is 11.7 Å². The summed E-state index contributed by atoms with van der Waals surface area (Å²) in [5, 5.41) is 21.9. The van der Waals surface area contributed by atoms with E-state index < -0.39 is 12.0 Å². The van der Waals surface area contributed by atoms with Crippen molar-refractivity contribution in [3.8, 4) is 5.75 Å². The Balaban J connectivity index is 1.60. The number of nitrogens with zero attached hydrogens (tertiary/aromatic N) is 3. The first kappa shape index (κ1) is 20.4. The molecule has 0 radical (unpaired) electrons. The number of carbonyl (C=O) groups is 1. The second-order valence-electron chi connectivity index (χ2n) is 8.34. The molecule has 0 aliphatic carbocycles. The number of aliphatic hydroxyl groups excluding tert-OH is 1. The molecule has 1 saturated heterocycles. The summed E-state index contributed by atoms with van der Waals surface area (Å²) in [6.07, 6.45) is 0.568. The van der Waals surface area contributed by atoms with Crippen molar-refractivity contribution in [3.63, 3.8) is 0 Å². The van der Waals surface area contributed by atoms with Crippen LogP contribution in [0.1, 0.15) is 43.2 Å². The largest absolute Gasteiger partial charge is 0.391 e. The van der Waals surface area contributed by atoms with Crippen LogP contribution >= 0.6 is 0 Å². The SMILES string of the molecule is Cc1cc(C(C(=O)N2C[C@H](O)C[C@H]2/C2=N/Oc3ccccc3CCN2)C(C)C)on1. The number of amidine groups is 1. The molecule has 30 heavy (non-hydrogen) atoms. The molecule has 1 fully saturated rings. The van der Waals surface area contributed by atoms with E-state index in [2.05, 4.69) is 15.6 Å². The molecule has 0 saturated carbocycles. The average Bonchev–Trinajstić information content (AvgIpc) is 3.28. The predicted molar refractivity (Wildman–Crippen MR) is 111 cm³/mol. The number of amides is 1. The van der Waals surface area contributed by atoms with E-state index in [4.69, 9.17) is 9.36 Å². The van der Waals surface area contributed by atoms with E-state index in [0.29, 0.717) is 30.3 Å². The molecule has 160 valence electrons. The first-order valence-electron chi connectivity index (χ1n) is 10.4. The molecule has 2 aliphatic heterocycles. The fraction of sp³-hybridized carbons (Fsp3) is 0.500. The van der Waals surface area contributed by atoms with E-state index in [9.17, 15) is 9.90 Å². The van der Waals surface area contributed by atoms with Gasteiger partial charge in [0.2, 0.25) is 5.91 Å². The van der Waals surface area contributed by atoms with Gasteiger partial charge in [-0.3, -0.25) is 4.79 Å². The lowest BCUT2D eigenvalue weighted by atomic mass is 9.91. The number of aryl methyl sites for hydroxylation is 1. The molecule has 2 aliphatic rings. The number of nitrogens with one attached hydrogen (secondary N) is 1. The van der Waals surface area contributed by atoms with Crippen molar-refractivity contribution in [2.75, 3.05) is 13.1 Å². The third-order valence-corrected chi connectivity index (χ3v) is 5.68. The third-order valence-electron chi connectivity index (χ3n) is 5.68.